The molecule has 0 saturated heterocycles. The number of carbonyl (C=O) groups excluding carboxylic acids is 2. The first-order valence-electron chi connectivity index (χ1n) is 7.43. The van der Waals surface area contributed by atoms with E-state index in [4.69, 9.17) is 16.3 Å². The lowest BCUT2D eigenvalue weighted by molar-refractivity contribution is -0.139. The van der Waals surface area contributed by atoms with E-state index in [0.717, 1.165) is 10.4 Å². The molecule has 0 bridgehead atoms. The van der Waals surface area contributed by atoms with Crippen LogP contribution >= 0.6 is 22.9 Å². The van der Waals surface area contributed by atoms with Crippen molar-refractivity contribution in [3.63, 3.8) is 0 Å². The smallest absolute Gasteiger partial charge is 0.309 e. The van der Waals surface area contributed by atoms with Crippen LogP contribution in [0.1, 0.15) is 29.5 Å². The van der Waals surface area contributed by atoms with Crippen LogP contribution in [0.2, 0.25) is 4.34 Å². The predicted molar refractivity (Wildman–Crippen MR) is 95.1 cm³/mol. The molecule has 0 saturated carbocycles. The lowest BCUT2D eigenvalue weighted by Crippen LogP contribution is -2.42. The highest BCUT2D eigenvalue weighted by Gasteiger charge is 2.19. The molecule has 2 rings (SSSR count). The Hall–Kier alpha value is -1.89. The normalized spacial score (nSPS) is 13.1. The van der Waals surface area contributed by atoms with Gasteiger partial charge >= 0.3 is 11.8 Å². The molecule has 2 atom stereocenters. The molecule has 0 fully saturated rings. The molecule has 0 radical (unpaired) electrons. The number of methoxy groups -OCH3 is 1. The zero-order valence-electron chi connectivity index (χ0n) is 13.4. The lowest BCUT2D eigenvalue weighted by Gasteiger charge is -2.16. The summed E-state index contributed by atoms with van der Waals surface area (Å²) in [6.45, 7) is 2.02. The second-order valence-electron chi connectivity index (χ2n) is 5.18. The fourth-order valence-corrected chi connectivity index (χ4v) is 3.29. The van der Waals surface area contributed by atoms with Crippen LogP contribution in [-0.2, 0) is 14.3 Å². The number of thiophene rings is 1. The number of hydrogen-bond acceptors (Lipinski definition) is 4. The molecule has 0 aliphatic carbocycles. The number of hydrogen-bond donors (Lipinski definition) is 2. The van der Waals surface area contributed by atoms with Crippen LogP contribution in [-0.4, -0.2) is 25.5 Å². The number of benzene rings is 1. The SMILES string of the molecule is CO[C@@H](CNC(=O)C(=O)N[C@@H](C)c1ccccc1)c1ccc(Cl)s1. The first-order valence-corrected chi connectivity index (χ1v) is 8.62. The van der Waals surface area contributed by atoms with Gasteiger partial charge in [0.05, 0.1) is 10.4 Å². The Labute approximate surface area is 150 Å². The molecule has 0 spiro atoms. The summed E-state index contributed by atoms with van der Waals surface area (Å²) < 4.78 is 5.98. The van der Waals surface area contributed by atoms with Crippen molar-refractivity contribution in [2.75, 3.05) is 13.7 Å². The third kappa shape index (κ3) is 5.06. The zero-order valence-corrected chi connectivity index (χ0v) is 15.0. The Bertz CT molecular complexity index is 690. The second kappa shape index (κ2) is 8.82. The van der Waals surface area contributed by atoms with Gasteiger partial charge in [0.2, 0.25) is 0 Å². The van der Waals surface area contributed by atoms with Crippen LogP contribution in [0, 0.1) is 0 Å². The predicted octanol–water partition coefficient (Wildman–Crippen LogP) is 3.08. The first kappa shape index (κ1) is 18.4. The Morgan fingerprint density at radius 1 is 1.17 bits per heavy atom. The van der Waals surface area contributed by atoms with Gasteiger partial charge in [0, 0.05) is 18.5 Å². The van der Waals surface area contributed by atoms with Gasteiger partial charge < -0.3 is 15.4 Å². The summed E-state index contributed by atoms with van der Waals surface area (Å²) >= 11 is 7.28. The van der Waals surface area contributed by atoms with Crippen molar-refractivity contribution in [1.82, 2.24) is 10.6 Å². The standard InChI is InChI=1S/C17H19ClN2O3S/c1-11(12-6-4-3-5-7-12)20-17(22)16(21)19-10-13(23-2)14-8-9-15(18)24-14/h3-9,11,13H,10H2,1-2H3,(H,19,21)(H,20,22)/t11-,13-/m0/s1. The van der Waals surface area contributed by atoms with Crippen molar-refractivity contribution >= 4 is 34.8 Å². The summed E-state index contributed by atoms with van der Waals surface area (Å²) in [4.78, 5) is 24.8. The van der Waals surface area contributed by atoms with E-state index in [2.05, 4.69) is 10.6 Å². The van der Waals surface area contributed by atoms with E-state index in [9.17, 15) is 9.59 Å². The molecule has 2 amide bonds. The monoisotopic (exact) mass is 366 g/mol. The quantitative estimate of drug-likeness (QED) is 0.772. The van der Waals surface area contributed by atoms with Crippen LogP contribution in [0.25, 0.3) is 0 Å². The molecular formula is C17H19ClN2O3S. The molecule has 24 heavy (non-hydrogen) atoms. The summed E-state index contributed by atoms with van der Waals surface area (Å²) in [7, 11) is 1.54. The van der Waals surface area contributed by atoms with E-state index < -0.39 is 11.8 Å². The van der Waals surface area contributed by atoms with Crippen LogP contribution in [0.15, 0.2) is 42.5 Å². The average molecular weight is 367 g/mol. The van der Waals surface area contributed by atoms with Gasteiger partial charge in [0.25, 0.3) is 0 Å². The summed E-state index contributed by atoms with van der Waals surface area (Å²) in [6.07, 6.45) is -0.342. The first-order chi connectivity index (χ1) is 11.5. The Morgan fingerprint density at radius 2 is 1.88 bits per heavy atom. The topological polar surface area (TPSA) is 67.4 Å². The minimum Gasteiger partial charge on any atom is -0.374 e. The van der Waals surface area contributed by atoms with E-state index in [1.807, 2.05) is 43.3 Å². The molecule has 7 heteroatoms. The highest BCUT2D eigenvalue weighted by Crippen LogP contribution is 2.28. The molecule has 1 heterocycles. The summed E-state index contributed by atoms with van der Waals surface area (Å²) in [5, 5.41) is 5.26. The number of carbonyl (C=O) groups is 2. The van der Waals surface area contributed by atoms with E-state index in [-0.39, 0.29) is 18.7 Å². The number of amides is 2. The second-order valence-corrected chi connectivity index (χ2v) is 6.93. The fraction of sp³-hybridized carbons (Fsp3) is 0.294. The highest BCUT2D eigenvalue weighted by molar-refractivity contribution is 7.16. The molecule has 0 unspecified atom stereocenters. The van der Waals surface area contributed by atoms with Gasteiger partial charge in [-0.2, -0.15) is 0 Å². The van der Waals surface area contributed by atoms with Gasteiger partial charge in [-0.15, -0.1) is 11.3 Å². The molecule has 0 aliphatic rings. The van der Waals surface area contributed by atoms with Crippen molar-refractivity contribution < 1.29 is 14.3 Å². The van der Waals surface area contributed by atoms with Crippen molar-refractivity contribution in [3.8, 4) is 0 Å². The number of rotatable bonds is 6. The number of ether oxygens (including phenoxy) is 1. The Balaban J connectivity index is 1.86. The number of halogens is 1. The van der Waals surface area contributed by atoms with Crippen molar-refractivity contribution in [1.29, 1.82) is 0 Å². The summed E-state index contributed by atoms with van der Waals surface area (Å²) in [5.41, 5.74) is 0.932. The summed E-state index contributed by atoms with van der Waals surface area (Å²) in [6, 6.07) is 12.8. The molecular weight excluding hydrogens is 348 g/mol. The van der Waals surface area contributed by atoms with Crippen LogP contribution < -0.4 is 10.6 Å². The minimum absolute atomic E-state index is 0.194. The molecule has 1 aromatic heterocycles. The van der Waals surface area contributed by atoms with Gasteiger partial charge in [-0.3, -0.25) is 9.59 Å². The molecule has 0 aliphatic heterocycles. The van der Waals surface area contributed by atoms with Gasteiger partial charge in [0.1, 0.15) is 6.10 Å². The lowest BCUT2D eigenvalue weighted by atomic mass is 10.1. The van der Waals surface area contributed by atoms with E-state index in [0.29, 0.717) is 4.34 Å². The van der Waals surface area contributed by atoms with Crippen molar-refractivity contribution in [3.05, 3.63) is 57.2 Å². The molecule has 2 N–H and O–H groups in total. The van der Waals surface area contributed by atoms with Gasteiger partial charge in [-0.25, -0.2) is 0 Å². The zero-order chi connectivity index (χ0) is 17.5. The molecule has 5 nitrogen and oxygen atoms in total. The third-order valence-electron chi connectivity index (χ3n) is 3.50. The molecule has 1 aromatic carbocycles. The van der Waals surface area contributed by atoms with Crippen LogP contribution in [0.3, 0.4) is 0 Å². The van der Waals surface area contributed by atoms with Crippen molar-refractivity contribution in [2.24, 2.45) is 0 Å². The fourth-order valence-electron chi connectivity index (χ4n) is 2.15. The van der Waals surface area contributed by atoms with Gasteiger partial charge in [-0.1, -0.05) is 41.9 Å². The maximum absolute atomic E-state index is 12.0. The Morgan fingerprint density at radius 3 is 2.46 bits per heavy atom. The minimum atomic E-state index is -0.692. The van der Waals surface area contributed by atoms with E-state index in [1.165, 1.54) is 11.3 Å². The maximum Gasteiger partial charge on any atom is 0.309 e. The van der Waals surface area contributed by atoms with Crippen LogP contribution in [0.4, 0.5) is 0 Å². The maximum atomic E-state index is 12.0. The van der Waals surface area contributed by atoms with Crippen molar-refractivity contribution in [2.45, 2.75) is 19.1 Å². The number of nitrogens with one attached hydrogen (secondary N) is 2. The van der Waals surface area contributed by atoms with Crippen LogP contribution in [0.5, 0.6) is 0 Å². The van der Waals surface area contributed by atoms with Gasteiger partial charge in [0.15, 0.2) is 0 Å². The average Bonchev–Trinajstić information content (AvgIpc) is 3.02. The molecule has 128 valence electrons. The van der Waals surface area contributed by atoms with Gasteiger partial charge in [-0.05, 0) is 24.6 Å². The van der Waals surface area contributed by atoms with E-state index in [1.54, 1.807) is 13.2 Å². The third-order valence-corrected chi connectivity index (χ3v) is 4.82. The Kier molecular flexibility index (Phi) is 6.78. The largest absolute Gasteiger partial charge is 0.374 e. The summed E-state index contributed by atoms with van der Waals surface area (Å²) in [5.74, 6) is -1.37. The molecule has 2 aromatic rings. The van der Waals surface area contributed by atoms with E-state index >= 15 is 0 Å². The highest BCUT2D eigenvalue weighted by atomic mass is 35.5.